The molecular formula is C22H33N3O7. The summed E-state index contributed by atoms with van der Waals surface area (Å²) in [5, 5.41) is 7.58. The minimum Gasteiger partial charge on any atom is -0.468 e. The minimum atomic E-state index is -0.903. The first-order chi connectivity index (χ1) is 15.1. The van der Waals surface area contributed by atoms with E-state index in [-0.39, 0.29) is 19.6 Å². The van der Waals surface area contributed by atoms with Crippen LogP contribution in [-0.4, -0.2) is 55.9 Å². The lowest BCUT2D eigenvalue weighted by molar-refractivity contribution is -0.141. The van der Waals surface area contributed by atoms with Crippen molar-refractivity contribution in [2.45, 2.75) is 58.3 Å². The zero-order valence-electron chi connectivity index (χ0n) is 19.1. The molecule has 0 fully saturated rings. The van der Waals surface area contributed by atoms with Gasteiger partial charge in [0.25, 0.3) is 0 Å². The van der Waals surface area contributed by atoms with Gasteiger partial charge in [0.05, 0.1) is 7.11 Å². The Morgan fingerprint density at radius 1 is 0.969 bits per heavy atom. The minimum absolute atomic E-state index is 0.176. The summed E-state index contributed by atoms with van der Waals surface area (Å²) in [5.74, 6) is -1.14. The Bertz CT molecular complexity index is 748. The van der Waals surface area contributed by atoms with Gasteiger partial charge in [-0.3, -0.25) is 9.59 Å². The van der Waals surface area contributed by atoms with Crippen LogP contribution in [0.2, 0.25) is 0 Å². The van der Waals surface area contributed by atoms with Crippen molar-refractivity contribution >= 4 is 24.1 Å². The molecule has 0 saturated heterocycles. The van der Waals surface area contributed by atoms with Gasteiger partial charge in [0.15, 0.2) is 0 Å². The van der Waals surface area contributed by atoms with Crippen molar-refractivity contribution < 1.29 is 33.4 Å². The van der Waals surface area contributed by atoms with Crippen molar-refractivity contribution in [2.75, 3.05) is 20.2 Å². The third-order valence-corrected chi connectivity index (χ3v) is 4.04. The lowest BCUT2D eigenvalue weighted by Crippen LogP contribution is -2.49. The highest BCUT2D eigenvalue weighted by Crippen LogP contribution is 2.08. The van der Waals surface area contributed by atoms with E-state index in [0.717, 1.165) is 5.56 Å². The molecule has 10 heteroatoms. The van der Waals surface area contributed by atoms with Crippen molar-refractivity contribution in [1.29, 1.82) is 0 Å². The van der Waals surface area contributed by atoms with E-state index < -0.39 is 35.7 Å². The fourth-order valence-electron chi connectivity index (χ4n) is 2.51. The van der Waals surface area contributed by atoms with Gasteiger partial charge >= 0.3 is 18.2 Å². The number of nitrogens with one attached hydrogen (secondary N) is 3. The van der Waals surface area contributed by atoms with Gasteiger partial charge < -0.3 is 30.2 Å². The van der Waals surface area contributed by atoms with Gasteiger partial charge in [0, 0.05) is 6.54 Å². The number of amides is 3. The van der Waals surface area contributed by atoms with Crippen LogP contribution in [0.3, 0.4) is 0 Å². The van der Waals surface area contributed by atoms with Gasteiger partial charge in [-0.15, -0.1) is 0 Å². The summed E-state index contributed by atoms with van der Waals surface area (Å²) in [6.45, 7) is 5.34. The van der Waals surface area contributed by atoms with E-state index in [9.17, 15) is 19.2 Å². The molecule has 3 N–H and O–H groups in total. The van der Waals surface area contributed by atoms with Crippen molar-refractivity contribution in [3.63, 3.8) is 0 Å². The SMILES string of the molecule is COC(=O)CNC(=O)C(CCCCNC(=O)OCc1ccccc1)NC(=O)OC(C)(C)C. The number of methoxy groups -OCH3 is 1. The highest BCUT2D eigenvalue weighted by Gasteiger charge is 2.24. The number of alkyl carbamates (subject to hydrolysis) is 2. The topological polar surface area (TPSA) is 132 Å². The van der Waals surface area contributed by atoms with Crippen LogP contribution in [0.1, 0.15) is 45.6 Å². The molecule has 0 aromatic heterocycles. The predicted octanol–water partition coefficient (Wildman–Crippen LogP) is 2.27. The maximum Gasteiger partial charge on any atom is 0.408 e. The highest BCUT2D eigenvalue weighted by molar-refractivity contribution is 5.88. The second kappa shape index (κ2) is 13.9. The van der Waals surface area contributed by atoms with Gasteiger partial charge in [0.1, 0.15) is 24.8 Å². The fourth-order valence-corrected chi connectivity index (χ4v) is 2.51. The van der Waals surface area contributed by atoms with E-state index in [1.165, 1.54) is 7.11 Å². The number of esters is 1. The van der Waals surface area contributed by atoms with Crippen molar-refractivity contribution in [1.82, 2.24) is 16.0 Å². The summed E-state index contributed by atoms with van der Waals surface area (Å²) >= 11 is 0. The van der Waals surface area contributed by atoms with Crippen LogP contribution >= 0.6 is 0 Å². The van der Waals surface area contributed by atoms with Crippen LogP contribution in [0.4, 0.5) is 9.59 Å². The summed E-state index contributed by atoms with van der Waals surface area (Å²) in [6.07, 6.45) is 0.0846. The van der Waals surface area contributed by atoms with Gasteiger partial charge in [0.2, 0.25) is 5.91 Å². The van der Waals surface area contributed by atoms with E-state index in [0.29, 0.717) is 19.4 Å². The van der Waals surface area contributed by atoms with E-state index in [4.69, 9.17) is 9.47 Å². The fraction of sp³-hybridized carbons (Fsp3) is 0.545. The maximum atomic E-state index is 12.4. The summed E-state index contributed by atoms with van der Waals surface area (Å²) in [5.41, 5.74) is 0.165. The van der Waals surface area contributed by atoms with E-state index >= 15 is 0 Å². The molecular weight excluding hydrogens is 418 g/mol. The molecule has 0 radical (unpaired) electrons. The molecule has 0 spiro atoms. The molecule has 0 aliphatic heterocycles. The van der Waals surface area contributed by atoms with Crippen LogP contribution < -0.4 is 16.0 Å². The molecule has 0 heterocycles. The van der Waals surface area contributed by atoms with Crippen molar-refractivity contribution in [2.24, 2.45) is 0 Å². The number of unbranched alkanes of at least 4 members (excludes halogenated alkanes) is 1. The lowest BCUT2D eigenvalue weighted by atomic mass is 10.1. The van der Waals surface area contributed by atoms with Crippen LogP contribution in [0.25, 0.3) is 0 Å². The molecule has 1 aromatic rings. The smallest absolute Gasteiger partial charge is 0.408 e. The quantitative estimate of drug-likeness (QED) is 0.267. The molecule has 1 unspecified atom stereocenters. The first-order valence-corrected chi connectivity index (χ1v) is 10.4. The number of hydrogen-bond acceptors (Lipinski definition) is 7. The molecule has 1 aromatic carbocycles. The molecule has 0 aliphatic rings. The highest BCUT2D eigenvalue weighted by atomic mass is 16.6. The number of carbonyl (C=O) groups is 4. The number of rotatable bonds is 11. The van der Waals surface area contributed by atoms with E-state index in [1.807, 2.05) is 30.3 Å². The number of ether oxygens (including phenoxy) is 3. The van der Waals surface area contributed by atoms with Crippen molar-refractivity contribution in [3.05, 3.63) is 35.9 Å². The molecule has 0 aliphatic carbocycles. The van der Waals surface area contributed by atoms with Crippen LogP contribution in [0, 0.1) is 0 Å². The first-order valence-electron chi connectivity index (χ1n) is 10.4. The molecule has 10 nitrogen and oxygen atoms in total. The average molecular weight is 452 g/mol. The average Bonchev–Trinajstić information content (AvgIpc) is 2.74. The molecule has 178 valence electrons. The molecule has 0 bridgehead atoms. The summed E-state index contributed by atoms with van der Waals surface area (Å²) < 4.78 is 14.8. The Morgan fingerprint density at radius 3 is 2.28 bits per heavy atom. The van der Waals surface area contributed by atoms with E-state index in [2.05, 4.69) is 20.7 Å². The second-order valence-corrected chi connectivity index (χ2v) is 7.98. The lowest BCUT2D eigenvalue weighted by Gasteiger charge is -2.23. The Balaban J connectivity index is 2.41. The Labute approximate surface area is 188 Å². The van der Waals surface area contributed by atoms with Crippen LogP contribution in [0.5, 0.6) is 0 Å². The Kier molecular flexibility index (Phi) is 11.6. The third-order valence-electron chi connectivity index (χ3n) is 4.04. The normalized spacial score (nSPS) is 11.6. The monoisotopic (exact) mass is 451 g/mol. The first kappa shape index (κ1) is 26.7. The van der Waals surface area contributed by atoms with Crippen LogP contribution in [0.15, 0.2) is 30.3 Å². The summed E-state index contributed by atoms with van der Waals surface area (Å²) in [7, 11) is 1.21. The zero-order chi connectivity index (χ0) is 24.0. The molecule has 0 saturated carbocycles. The number of carbonyl (C=O) groups excluding carboxylic acids is 4. The molecule has 1 atom stereocenters. The largest absolute Gasteiger partial charge is 0.468 e. The number of benzene rings is 1. The zero-order valence-corrected chi connectivity index (χ0v) is 19.1. The van der Waals surface area contributed by atoms with Crippen molar-refractivity contribution in [3.8, 4) is 0 Å². The van der Waals surface area contributed by atoms with Gasteiger partial charge in [-0.2, -0.15) is 0 Å². The standard InChI is InChI=1S/C22H33N3O7/c1-22(2,3)32-21(29)25-17(19(27)24-14-18(26)30-4)12-8-9-13-23-20(28)31-15-16-10-6-5-7-11-16/h5-7,10-11,17H,8-9,12-15H2,1-4H3,(H,23,28)(H,24,27)(H,25,29). The third kappa shape index (κ3) is 12.4. The van der Waals surface area contributed by atoms with E-state index in [1.54, 1.807) is 20.8 Å². The Hall–Kier alpha value is -3.30. The summed E-state index contributed by atoms with van der Waals surface area (Å²) in [4.78, 5) is 47.5. The van der Waals surface area contributed by atoms with Gasteiger partial charge in [-0.05, 0) is 45.6 Å². The maximum absolute atomic E-state index is 12.4. The molecule has 32 heavy (non-hydrogen) atoms. The van der Waals surface area contributed by atoms with Crippen LogP contribution in [-0.2, 0) is 30.4 Å². The molecule has 3 amide bonds. The predicted molar refractivity (Wildman–Crippen MR) is 117 cm³/mol. The molecule has 1 rings (SSSR count). The number of hydrogen-bond donors (Lipinski definition) is 3. The second-order valence-electron chi connectivity index (χ2n) is 7.98. The van der Waals surface area contributed by atoms with Gasteiger partial charge in [-0.25, -0.2) is 9.59 Å². The Morgan fingerprint density at radius 2 is 1.66 bits per heavy atom. The summed E-state index contributed by atoms with van der Waals surface area (Å²) in [6, 6.07) is 8.41. The van der Waals surface area contributed by atoms with Gasteiger partial charge in [-0.1, -0.05) is 30.3 Å².